The van der Waals surface area contributed by atoms with E-state index in [-0.39, 0.29) is 6.04 Å². The van der Waals surface area contributed by atoms with Crippen LogP contribution in [0.4, 0.5) is 10.5 Å². The molecule has 0 radical (unpaired) electrons. The predicted octanol–water partition coefficient (Wildman–Crippen LogP) is 3.08. The van der Waals surface area contributed by atoms with Crippen LogP contribution >= 0.6 is 0 Å². The van der Waals surface area contributed by atoms with Gasteiger partial charge in [-0.3, -0.25) is 0 Å². The zero-order valence-electron chi connectivity index (χ0n) is 12.9. The highest BCUT2D eigenvalue weighted by Gasteiger charge is 2.30. The first-order valence-corrected chi connectivity index (χ1v) is 7.16. The maximum Gasteiger partial charge on any atom is 0.428 e. The largest absolute Gasteiger partial charge is 0.497 e. The van der Waals surface area contributed by atoms with Crippen LogP contribution in [-0.4, -0.2) is 29.0 Å². The molecule has 118 valence electrons. The van der Waals surface area contributed by atoms with Crippen LogP contribution in [0.2, 0.25) is 0 Å². The Labute approximate surface area is 133 Å². The number of ether oxygens (including phenoxy) is 1. The number of anilines is 1. The molecule has 0 aromatic heterocycles. The molecule has 6 nitrogen and oxygen atoms in total. The number of fused-ring (bicyclic) bond motifs is 1. The lowest BCUT2D eigenvalue weighted by molar-refractivity contribution is 0.129. The molecular weight excluding hydrogens is 294 g/mol. The molecule has 3 N–H and O–H groups in total. The van der Waals surface area contributed by atoms with Crippen molar-refractivity contribution in [3.8, 4) is 5.75 Å². The van der Waals surface area contributed by atoms with Gasteiger partial charge in [-0.1, -0.05) is 18.2 Å². The highest BCUT2D eigenvalue weighted by atomic mass is 16.5. The quantitative estimate of drug-likeness (QED) is 0.834. The number of nitrogens with zero attached hydrogens (tertiary/aromatic N) is 2. The van der Waals surface area contributed by atoms with E-state index in [4.69, 9.17) is 10.5 Å². The number of hydrazone groups is 1. The maximum absolute atomic E-state index is 11.5. The van der Waals surface area contributed by atoms with Gasteiger partial charge in [0.15, 0.2) is 0 Å². The van der Waals surface area contributed by atoms with Crippen molar-refractivity contribution >= 4 is 17.5 Å². The molecule has 23 heavy (non-hydrogen) atoms. The third kappa shape index (κ3) is 2.59. The summed E-state index contributed by atoms with van der Waals surface area (Å²) < 4.78 is 5.29. The van der Waals surface area contributed by atoms with E-state index in [9.17, 15) is 9.90 Å². The SMILES string of the molecule is COc1ccc2c(c1)C(c1ccc(N)cc1)=NN(C(=O)O)C2C. The van der Waals surface area contributed by atoms with Crippen molar-refractivity contribution in [2.24, 2.45) is 5.10 Å². The number of hydrogen-bond acceptors (Lipinski definition) is 4. The number of benzene rings is 2. The van der Waals surface area contributed by atoms with Gasteiger partial charge in [-0.25, -0.2) is 4.79 Å². The number of carbonyl (C=O) groups is 1. The fourth-order valence-electron chi connectivity index (χ4n) is 2.67. The average molecular weight is 311 g/mol. The Hall–Kier alpha value is -3.02. The molecule has 0 spiro atoms. The van der Waals surface area contributed by atoms with Crippen LogP contribution in [0.25, 0.3) is 0 Å². The molecule has 1 aliphatic heterocycles. The monoisotopic (exact) mass is 311 g/mol. The smallest absolute Gasteiger partial charge is 0.428 e. The minimum atomic E-state index is -1.09. The summed E-state index contributed by atoms with van der Waals surface area (Å²) in [6.45, 7) is 1.81. The Morgan fingerprint density at radius 2 is 1.96 bits per heavy atom. The third-order valence-electron chi connectivity index (χ3n) is 3.92. The van der Waals surface area contributed by atoms with Crippen LogP contribution in [0, 0.1) is 0 Å². The van der Waals surface area contributed by atoms with E-state index < -0.39 is 6.09 Å². The van der Waals surface area contributed by atoms with Gasteiger partial charge in [0.1, 0.15) is 5.75 Å². The minimum Gasteiger partial charge on any atom is -0.497 e. The van der Waals surface area contributed by atoms with Crippen LogP contribution in [0.15, 0.2) is 47.6 Å². The van der Waals surface area contributed by atoms with E-state index in [1.165, 1.54) is 0 Å². The molecule has 0 saturated carbocycles. The van der Waals surface area contributed by atoms with Gasteiger partial charge in [0.25, 0.3) is 0 Å². The molecule has 1 unspecified atom stereocenters. The Morgan fingerprint density at radius 3 is 2.57 bits per heavy atom. The normalized spacial score (nSPS) is 16.5. The van der Waals surface area contributed by atoms with Gasteiger partial charge in [0, 0.05) is 16.8 Å². The highest BCUT2D eigenvalue weighted by Crippen LogP contribution is 2.33. The van der Waals surface area contributed by atoms with E-state index in [0.29, 0.717) is 17.1 Å². The number of rotatable bonds is 2. The second-order valence-corrected chi connectivity index (χ2v) is 5.33. The summed E-state index contributed by atoms with van der Waals surface area (Å²) in [7, 11) is 1.59. The number of amides is 1. The zero-order valence-corrected chi connectivity index (χ0v) is 12.9. The summed E-state index contributed by atoms with van der Waals surface area (Å²) in [6, 6.07) is 12.4. The van der Waals surface area contributed by atoms with Gasteiger partial charge in [-0.05, 0) is 36.8 Å². The number of nitrogen functional groups attached to an aromatic ring is 1. The van der Waals surface area contributed by atoms with E-state index in [1.54, 1.807) is 19.2 Å². The van der Waals surface area contributed by atoms with Crippen molar-refractivity contribution in [1.82, 2.24) is 5.01 Å². The molecule has 1 atom stereocenters. The van der Waals surface area contributed by atoms with Crippen LogP contribution in [0.5, 0.6) is 5.75 Å². The Kier molecular flexibility index (Phi) is 3.65. The van der Waals surface area contributed by atoms with Crippen LogP contribution in [-0.2, 0) is 0 Å². The Morgan fingerprint density at radius 1 is 1.26 bits per heavy atom. The molecule has 0 fully saturated rings. The Balaban J connectivity index is 2.20. The van der Waals surface area contributed by atoms with Gasteiger partial charge >= 0.3 is 6.09 Å². The molecule has 0 aliphatic carbocycles. The summed E-state index contributed by atoms with van der Waals surface area (Å²) in [5.74, 6) is 0.697. The number of methoxy groups -OCH3 is 1. The van der Waals surface area contributed by atoms with Crippen LogP contribution < -0.4 is 10.5 Å². The summed E-state index contributed by atoms with van der Waals surface area (Å²) in [5.41, 5.74) is 9.49. The van der Waals surface area contributed by atoms with Crippen molar-refractivity contribution in [3.63, 3.8) is 0 Å². The first-order chi connectivity index (χ1) is 11.0. The molecule has 1 amide bonds. The van der Waals surface area contributed by atoms with Crippen molar-refractivity contribution in [3.05, 3.63) is 59.2 Å². The second-order valence-electron chi connectivity index (χ2n) is 5.33. The summed E-state index contributed by atoms with van der Waals surface area (Å²) in [4.78, 5) is 11.5. The molecule has 2 aromatic carbocycles. The zero-order chi connectivity index (χ0) is 16.6. The summed E-state index contributed by atoms with van der Waals surface area (Å²) >= 11 is 0. The second kappa shape index (κ2) is 5.64. The molecule has 1 aliphatic rings. The van der Waals surface area contributed by atoms with Gasteiger partial charge in [0.2, 0.25) is 0 Å². The van der Waals surface area contributed by atoms with Crippen molar-refractivity contribution in [1.29, 1.82) is 0 Å². The summed E-state index contributed by atoms with van der Waals surface area (Å²) in [5, 5.41) is 14.8. The molecule has 1 heterocycles. The fraction of sp³-hybridized carbons (Fsp3) is 0.176. The number of hydrogen-bond donors (Lipinski definition) is 2. The van der Waals surface area contributed by atoms with Crippen LogP contribution in [0.3, 0.4) is 0 Å². The van der Waals surface area contributed by atoms with Crippen molar-refractivity contribution < 1.29 is 14.6 Å². The number of nitrogens with two attached hydrogens (primary N) is 1. The van der Waals surface area contributed by atoms with E-state index in [2.05, 4.69) is 5.10 Å². The molecule has 2 aromatic rings. The van der Waals surface area contributed by atoms with Gasteiger partial charge in [0.05, 0.1) is 18.9 Å². The maximum atomic E-state index is 11.5. The number of carboxylic acid groups (broad SMARTS) is 1. The van der Waals surface area contributed by atoms with Gasteiger partial charge in [-0.15, -0.1) is 0 Å². The minimum absolute atomic E-state index is 0.370. The molecular formula is C17H17N3O3. The standard InChI is InChI=1S/C17H17N3O3/c1-10-14-8-7-13(23-2)9-15(14)16(19-20(10)17(21)22)11-3-5-12(18)6-4-11/h3-10H,18H2,1-2H3,(H,21,22). The lowest BCUT2D eigenvalue weighted by atomic mass is 9.92. The molecule has 3 rings (SSSR count). The summed E-state index contributed by atoms with van der Waals surface area (Å²) in [6.07, 6.45) is -1.09. The van der Waals surface area contributed by atoms with Gasteiger partial charge < -0.3 is 15.6 Å². The van der Waals surface area contributed by atoms with Gasteiger partial charge in [-0.2, -0.15) is 10.1 Å². The first kappa shape index (κ1) is 14.9. The van der Waals surface area contributed by atoms with Crippen molar-refractivity contribution in [2.45, 2.75) is 13.0 Å². The fourth-order valence-corrected chi connectivity index (χ4v) is 2.67. The highest BCUT2D eigenvalue weighted by molar-refractivity contribution is 6.15. The topological polar surface area (TPSA) is 88.2 Å². The predicted molar refractivity (Wildman–Crippen MR) is 87.8 cm³/mol. The van der Waals surface area contributed by atoms with E-state index in [1.807, 2.05) is 37.3 Å². The molecule has 6 heteroatoms. The van der Waals surface area contributed by atoms with E-state index in [0.717, 1.165) is 21.7 Å². The lowest BCUT2D eigenvalue weighted by Crippen LogP contribution is -2.33. The molecule has 0 saturated heterocycles. The van der Waals surface area contributed by atoms with Crippen molar-refractivity contribution in [2.75, 3.05) is 12.8 Å². The third-order valence-corrected chi connectivity index (χ3v) is 3.92. The average Bonchev–Trinajstić information content (AvgIpc) is 2.55. The van der Waals surface area contributed by atoms with E-state index >= 15 is 0 Å². The van der Waals surface area contributed by atoms with Crippen LogP contribution in [0.1, 0.15) is 29.7 Å². The molecule has 0 bridgehead atoms. The lowest BCUT2D eigenvalue weighted by Gasteiger charge is -2.30. The first-order valence-electron chi connectivity index (χ1n) is 7.16. The Bertz CT molecular complexity index is 784.